The van der Waals surface area contributed by atoms with Gasteiger partial charge in [-0.05, 0) is 47.5 Å². The minimum atomic E-state index is -0.241. The lowest BCUT2D eigenvalue weighted by Gasteiger charge is -2.17. The van der Waals surface area contributed by atoms with Gasteiger partial charge in [-0.3, -0.25) is 0 Å². The molecule has 18 heavy (non-hydrogen) atoms. The van der Waals surface area contributed by atoms with E-state index in [9.17, 15) is 4.39 Å². The van der Waals surface area contributed by atoms with Gasteiger partial charge in [0.15, 0.2) is 0 Å². The van der Waals surface area contributed by atoms with Gasteiger partial charge in [-0.25, -0.2) is 4.39 Å². The fourth-order valence-corrected chi connectivity index (χ4v) is 2.49. The van der Waals surface area contributed by atoms with Crippen molar-refractivity contribution in [1.29, 1.82) is 0 Å². The van der Waals surface area contributed by atoms with Crippen LogP contribution in [0.15, 0.2) is 35.0 Å². The first-order valence-corrected chi connectivity index (χ1v) is 6.73. The number of halogens is 1. The number of rotatable bonds is 5. The van der Waals surface area contributed by atoms with E-state index in [1.807, 2.05) is 12.3 Å². The smallest absolute Gasteiger partial charge is 0.123 e. The van der Waals surface area contributed by atoms with E-state index in [4.69, 9.17) is 4.74 Å². The third kappa shape index (κ3) is 3.09. The summed E-state index contributed by atoms with van der Waals surface area (Å²) in [5.41, 5.74) is 2.08. The molecule has 0 fully saturated rings. The predicted molar refractivity (Wildman–Crippen MR) is 72.5 cm³/mol. The van der Waals surface area contributed by atoms with Gasteiger partial charge in [0.25, 0.3) is 0 Å². The molecule has 0 saturated carbocycles. The first-order chi connectivity index (χ1) is 8.70. The van der Waals surface area contributed by atoms with Gasteiger partial charge in [-0.2, -0.15) is 11.3 Å². The molecule has 0 amide bonds. The third-order valence-electron chi connectivity index (χ3n) is 2.85. The largest absolute Gasteiger partial charge is 0.496 e. The zero-order valence-electron chi connectivity index (χ0n) is 10.4. The highest BCUT2D eigenvalue weighted by Crippen LogP contribution is 2.26. The first-order valence-electron chi connectivity index (χ1n) is 5.78. The maximum absolute atomic E-state index is 13.3. The van der Waals surface area contributed by atoms with Gasteiger partial charge < -0.3 is 10.1 Å². The molecule has 2 aromatic rings. The van der Waals surface area contributed by atoms with E-state index < -0.39 is 0 Å². The highest BCUT2D eigenvalue weighted by molar-refractivity contribution is 7.07. The van der Waals surface area contributed by atoms with Gasteiger partial charge >= 0.3 is 0 Å². The van der Waals surface area contributed by atoms with Crippen LogP contribution in [0.25, 0.3) is 0 Å². The Balaban J connectivity index is 2.08. The summed E-state index contributed by atoms with van der Waals surface area (Å²) in [6, 6.07) is 6.70. The molecule has 1 aromatic carbocycles. The van der Waals surface area contributed by atoms with E-state index in [2.05, 4.69) is 16.8 Å². The number of hydrogen-bond acceptors (Lipinski definition) is 3. The lowest BCUT2D eigenvalue weighted by atomic mass is 10.1. The molecule has 0 aliphatic heterocycles. The fraction of sp³-hybridized carbons (Fsp3) is 0.286. The van der Waals surface area contributed by atoms with Crippen molar-refractivity contribution in [2.75, 3.05) is 7.11 Å². The highest BCUT2D eigenvalue weighted by atomic mass is 32.1. The summed E-state index contributed by atoms with van der Waals surface area (Å²) in [6.07, 6.45) is 0. The molecule has 1 heterocycles. The Morgan fingerprint density at radius 2 is 2.22 bits per heavy atom. The maximum Gasteiger partial charge on any atom is 0.123 e. The molecule has 96 valence electrons. The summed E-state index contributed by atoms with van der Waals surface area (Å²) >= 11 is 1.67. The van der Waals surface area contributed by atoms with Crippen molar-refractivity contribution in [2.45, 2.75) is 19.5 Å². The van der Waals surface area contributed by atoms with Gasteiger partial charge in [0.2, 0.25) is 0 Å². The Bertz CT molecular complexity index is 499. The Morgan fingerprint density at radius 1 is 1.39 bits per heavy atom. The van der Waals surface area contributed by atoms with Crippen LogP contribution in [0, 0.1) is 5.82 Å². The Morgan fingerprint density at radius 3 is 2.89 bits per heavy atom. The standard InChI is InChI=1S/C14H16FNOS/c1-10(16-8-11-5-6-18-9-11)13-7-12(15)3-4-14(13)17-2/h3-7,9-10,16H,8H2,1-2H3. The Kier molecular flexibility index (Phi) is 4.33. The predicted octanol–water partition coefficient (Wildman–Crippen LogP) is 3.75. The fourth-order valence-electron chi connectivity index (χ4n) is 1.82. The van der Waals surface area contributed by atoms with Gasteiger partial charge in [-0.15, -0.1) is 0 Å². The van der Waals surface area contributed by atoms with Crippen LogP contribution < -0.4 is 10.1 Å². The molecule has 0 saturated heterocycles. The van der Waals surface area contributed by atoms with E-state index in [0.717, 1.165) is 12.1 Å². The van der Waals surface area contributed by atoms with Crippen LogP contribution in [0.2, 0.25) is 0 Å². The number of nitrogens with one attached hydrogen (secondary N) is 1. The quantitative estimate of drug-likeness (QED) is 0.889. The van der Waals surface area contributed by atoms with Gasteiger partial charge in [0.1, 0.15) is 11.6 Å². The van der Waals surface area contributed by atoms with Crippen molar-refractivity contribution in [3.05, 3.63) is 52.0 Å². The SMILES string of the molecule is COc1ccc(F)cc1C(C)NCc1ccsc1. The first kappa shape index (κ1) is 13.1. The van der Waals surface area contributed by atoms with E-state index in [0.29, 0.717) is 5.75 Å². The molecule has 1 aromatic heterocycles. The van der Waals surface area contributed by atoms with Crippen molar-refractivity contribution < 1.29 is 9.13 Å². The van der Waals surface area contributed by atoms with Crippen LogP contribution in [-0.2, 0) is 6.54 Å². The average Bonchev–Trinajstić information content (AvgIpc) is 2.89. The summed E-state index contributed by atoms with van der Waals surface area (Å²) in [4.78, 5) is 0. The summed E-state index contributed by atoms with van der Waals surface area (Å²) < 4.78 is 18.5. The van der Waals surface area contributed by atoms with E-state index in [1.165, 1.54) is 17.7 Å². The molecule has 0 aliphatic carbocycles. The molecule has 0 bridgehead atoms. The van der Waals surface area contributed by atoms with Crippen molar-refractivity contribution in [2.24, 2.45) is 0 Å². The molecule has 1 atom stereocenters. The lowest BCUT2D eigenvalue weighted by molar-refractivity contribution is 0.400. The second-order valence-corrected chi connectivity index (χ2v) is 4.90. The number of hydrogen-bond donors (Lipinski definition) is 1. The zero-order chi connectivity index (χ0) is 13.0. The molecule has 2 nitrogen and oxygen atoms in total. The minimum absolute atomic E-state index is 0.0375. The number of thiophene rings is 1. The van der Waals surface area contributed by atoms with Gasteiger partial charge in [0, 0.05) is 18.2 Å². The van der Waals surface area contributed by atoms with Gasteiger partial charge in [0.05, 0.1) is 7.11 Å². The van der Waals surface area contributed by atoms with Crippen molar-refractivity contribution in [3.63, 3.8) is 0 Å². The Labute approximate surface area is 110 Å². The number of benzene rings is 1. The van der Waals surface area contributed by atoms with Crippen LogP contribution in [0.3, 0.4) is 0 Å². The van der Waals surface area contributed by atoms with Gasteiger partial charge in [-0.1, -0.05) is 0 Å². The lowest BCUT2D eigenvalue weighted by Crippen LogP contribution is -2.18. The van der Waals surface area contributed by atoms with Crippen LogP contribution in [0.5, 0.6) is 5.75 Å². The Hall–Kier alpha value is -1.39. The second kappa shape index (κ2) is 5.98. The van der Waals surface area contributed by atoms with E-state index in [1.54, 1.807) is 24.5 Å². The van der Waals surface area contributed by atoms with E-state index >= 15 is 0 Å². The summed E-state index contributed by atoms with van der Waals surface area (Å²) in [5.74, 6) is 0.469. The summed E-state index contributed by atoms with van der Waals surface area (Å²) in [7, 11) is 1.60. The number of ether oxygens (including phenoxy) is 1. The molecular weight excluding hydrogens is 249 g/mol. The van der Waals surface area contributed by atoms with E-state index in [-0.39, 0.29) is 11.9 Å². The zero-order valence-corrected chi connectivity index (χ0v) is 11.3. The number of methoxy groups -OCH3 is 1. The molecule has 4 heteroatoms. The van der Waals surface area contributed by atoms with Crippen LogP contribution >= 0.6 is 11.3 Å². The molecule has 1 unspecified atom stereocenters. The highest BCUT2D eigenvalue weighted by Gasteiger charge is 2.12. The monoisotopic (exact) mass is 265 g/mol. The van der Waals surface area contributed by atoms with Crippen LogP contribution in [-0.4, -0.2) is 7.11 Å². The molecule has 2 rings (SSSR count). The van der Waals surface area contributed by atoms with Crippen LogP contribution in [0.1, 0.15) is 24.1 Å². The third-order valence-corrected chi connectivity index (χ3v) is 3.58. The van der Waals surface area contributed by atoms with Crippen LogP contribution in [0.4, 0.5) is 4.39 Å². The summed E-state index contributed by atoms with van der Waals surface area (Å²) in [6.45, 7) is 2.77. The molecule has 1 N–H and O–H groups in total. The second-order valence-electron chi connectivity index (χ2n) is 4.12. The molecule has 0 aliphatic rings. The summed E-state index contributed by atoms with van der Waals surface area (Å²) in [5, 5.41) is 7.51. The topological polar surface area (TPSA) is 21.3 Å². The van der Waals surface area contributed by atoms with Crippen molar-refractivity contribution in [3.8, 4) is 5.75 Å². The average molecular weight is 265 g/mol. The minimum Gasteiger partial charge on any atom is -0.496 e. The molecular formula is C14H16FNOS. The maximum atomic E-state index is 13.3. The normalized spacial score (nSPS) is 12.4. The van der Waals surface area contributed by atoms with Crippen molar-refractivity contribution in [1.82, 2.24) is 5.32 Å². The van der Waals surface area contributed by atoms with Crippen molar-refractivity contribution >= 4 is 11.3 Å². The molecule has 0 radical (unpaired) electrons. The molecule has 0 spiro atoms.